The summed E-state index contributed by atoms with van der Waals surface area (Å²) in [5, 5.41) is 0. The van der Waals surface area contributed by atoms with Crippen LogP contribution in [0.2, 0.25) is 0 Å². The van der Waals surface area contributed by atoms with Gasteiger partial charge in [0.2, 0.25) is 0 Å². The minimum absolute atomic E-state index is 0. The summed E-state index contributed by atoms with van der Waals surface area (Å²) in [5.41, 5.74) is 0. The van der Waals surface area contributed by atoms with Crippen LogP contribution in [0.1, 0.15) is 0 Å². The third-order valence-electron chi connectivity index (χ3n) is 0. The van der Waals surface area contributed by atoms with Crippen molar-refractivity contribution < 1.29 is 36.5 Å². The molecule has 0 aliphatic heterocycles. The van der Waals surface area contributed by atoms with E-state index in [1.165, 1.54) is 0 Å². The SMILES string of the molecule is [Ca].[K].[Mg].[Mn].[Na].[Zn]. The molecule has 0 aliphatic rings. The first-order chi connectivity index (χ1) is 0. The first-order valence-electron chi connectivity index (χ1n) is 0. The Hall–Kier alpha value is 5.81. The maximum absolute atomic E-state index is 0. The van der Waals surface area contributed by atoms with Gasteiger partial charge < -0.3 is 0 Å². The Morgan fingerprint density at radius 2 is 1.00 bits per heavy atom. The monoisotopic (exact) mass is 245 g/mol. The Morgan fingerprint density at radius 1 is 1.00 bits per heavy atom. The van der Waals surface area contributed by atoms with Crippen LogP contribution in [0.4, 0.5) is 0 Å². The van der Waals surface area contributed by atoms with E-state index in [0.29, 0.717) is 0 Å². The van der Waals surface area contributed by atoms with Crippen molar-refractivity contribution in [3.63, 3.8) is 0 Å². The second-order valence-electron chi connectivity index (χ2n) is 0. The molecule has 0 spiro atoms. The molecule has 0 nitrogen and oxygen atoms in total. The van der Waals surface area contributed by atoms with Gasteiger partial charge in [-0.15, -0.1) is 0 Å². The van der Waals surface area contributed by atoms with E-state index < -0.39 is 0 Å². The number of hydrogen-bond donors (Lipinski definition) is 0. The van der Waals surface area contributed by atoms with Gasteiger partial charge in [0.25, 0.3) is 0 Å². The van der Waals surface area contributed by atoms with Crippen LogP contribution in [0.3, 0.4) is 0 Å². The van der Waals surface area contributed by atoms with Gasteiger partial charge in [0.05, 0.1) is 0 Å². The van der Waals surface area contributed by atoms with Crippen molar-refractivity contribution in [3.05, 3.63) is 0 Å². The molecule has 6 heavy (non-hydrogen) atoms. The summed E-state index contributed by atoms with van der Waals surface area (Å²) < 4.78 is 0. The first-order valence-corrected chi connectivity index (χ1v) is 0. The van der Waals surface area contributed by atoms with Crippen molar-refractivity contribution in [2.24, 2.45) is 0 Å². The van der Waals surface area contributed by atoms with E-state index >= 15 is 0 Å². The van der Waals surface area contributed by atoms with Crippen molar-refractivity contribution in [2.45, 2.75) is 0 Å². The fourth-order valence-electron chi connectivity index (χ4n) is 0. The molecular weight excluding hydrogens is 247 g/mol. The standard InChI is InChI=1S/Ca.K.Mg.Mn.Na.Zn. The molecule has 0 aromatic carbocycles. The van der Waals surface area contributed by atoms with E-state index in [1.54, 1.807) is 0 Å². The van der Waals surface area contributed by atoms with Gasteiger partial charge in [-0.25, -0.2) is 0 Å². The number of rotatable bonds is 0. The molecule has 0 heterocycles. The van der Waals surface area contributed by atoms with Gasteiger partial charge in [0, 0.05) is 178 Å². The zero-order chi connectivity index (χ0) is 0. The predicted molar refractivity (Wildman–Crippen MR) is 23.0 cm³/mol. The third kappa shape index (κ3) is 22.6. The predicted octanol–water partition coefficient (Wildman–Crippen LogP) is -1.53. The van der Waals surface area contributed by atoms with E-state index in [9.17, 15) is 0 Å². The van der Waals surface area contributed by atoms with Gasteiger partial charge in [-0.05, 0) is 0 Å². The Bertz CT molecular complexity index is 15.5. The molecule has 0 amide bonds. The van der Waals surface area contributed by atoms with Crippen molar-refractivity contribution in [3.8, 4) is 0 Å². The normalized spacial score (nSPS) is 0. The minimum atomic E-state index is 0. The minimum Gasteiger partial charge on any atom is 0 e. The maximum Gasteiger partial charge on any atom is 0 e. The molecule has 0 saturated heterocycles. The second kappa shape index (κ2) is 30.8. The molecule has 0 aliphatic carbocycles. The molecule has 7 radical (unpaired) electrons. The molecule has 0 atom stereocenters. The average Bonchev–Trinajstić information content (AvgIpc) is 0. The van der Waals surface area contributed by atoms with Gasteiger partial charge in [-0.1, -0.05) is 0 Å². The fraction of sp³-hybridized carbons (Fsp3) is 0. The summed E-state index contributed by atoms with van der Waals surface area (Å²) >= 11 is 0. The topological polar surface area (TPSA) is 0 Å². The Balaban J connectivity index is 0. The van der Waals surface area contributed by atoms with Gasteiger partial charge in [0.1, 0.15) is 0 Å². The summed E-state index contributed by atoms with van der Waals surface area (Å²) in [6.07, 6.45) is 0. The van der Waals surface area contributed by atoms with Crippen molar-refractivity contribution >= 4 is 142 Å². The van der Waals surface area contributed by atoms with Gasteiger partial charge in [0.15, 0.2) is 0 Å². The van der Waals surface area contributed by atoms with Crippen LogP contribution in [0.25, 0.3) is 0 Å². The largest absolute Gasteiger partial charge is 0 e. The molecule has 0 saturated carbocycles. The molecule has 0 fully saturated rings. The zero-order valence-corrected chi connectivity index (χ0v) is 17.4. The van der Waals surface area contributed by atoms with Crippen LogP contribution >= 0.6 is 0 Å². The van der Waals surface area contributed by atoms with Crippen LogP contribution in [0, 0.1) is 0 Å². The summed E-state index contributed by atoms with van der Waals surface area (Å²) in [7, 11) is 0. The fourth-order valence-corrected chi connectivity index (χ4v) is 0. The van der Waals surface area contributed by atoms with E-state index in [0.717, 1.165) is 0 Å². The van der Waals surface area contributed by atoms with E-state index in [2.05, 4.69) is 0 Å². The Kier molecular flexibility index (Phi) is 210. The van der Waals surface area contributed by atoms with Crippen LogP contribution in [-0.4, -0.2) is 142 Å². The van der Waals surface area contributed by atoms with Crippen LogP contribution < -0.4 is 0 Å². The molecule has 15 valence electrons. The molecular formula is CaKMgMnNaZn. The second-order valence-corrected chi connectivity index (χ2v) is 0. The molecule has 6 heteroatoms. The summed E-state index contributed by atoms with van der Waals surface area (Å²) in [6.45, 7) is 0. The molecule has 0 aromatic rings. The molecule has 0 unspecified atom stereocenters. The van der Waals surface area contributed by atoms with Gasteiger partial charge in [-0.2, -0.15) is 0 Å². The van der Waals surface area contributed by atoms with Crippen molar-refractivity contribution in [1.29, 1.82) is 0 Å². The number of hydrogen-bond acceptors (Lipinski definition) is 0. The van der Waals surface area contributed by atoms with Gasteiger partial charge in [-0.3, -0.25) is 0 Å². The van der Waals surface area contributed by atoms with Crippen LogP contribution in [0.5, 0.6) is 0 Å². The van der Waals surface area contributed by atoms with Crippen LogP contribution in [0.15, 0.2) is 0 Å². The average molecular weight is 247 g/mol. The smallest absolute Gasteiger partial charge is 0 e. The summed E-state index contributed by atoms with van der Waals surface area (Å²) in [4.78, 5) is 0. The molecule has 0 aromatic heterocycles. The maximum atomic E-state index is 0. The third-order valence-corrected chi connectivity index (χ3v) is 0. The molecule has 0 N–H and O–H groups in total. The zero-order valence-electron chi connectivity index (χ0n) is 4.50. The summed E-state index contributed by atoms with van der Waals surface area (Å²) in [6, 6.07) is 0. The quantitative estimate of drug-likeness (QED) is 0.455. The molecule has 0 bridgehead atoms. The summed E-state index contributed by atoms with van der Waals surface area (Å²) in [5.74, 6) is 0. The van der Waals surface area contributed by atoms with Gasteiger partial charge >= 0.3 is 0 Å². The van der Waals surface area contributed by atoms with Crippen molar-refractivity contribution in [2.75, 3.05) is 0 Å². The first kappa shape index (κ1) is 40.9. The Labute approximate surface area is 173 Å². The van der Waals surface area contributed by atoms with Crippen molar-refractivity contribution in [1.82, 2.24) is 0 Å². The van der Waals surface area contributed by atoms with E-state index in [4.69, 9.17) is 0 Å². The van der Waals surface area contributed by atoms with E-state index in [-0.39, 0.29) is 178 Å². The molecule has 0 rings (SSSR count). The van der Waals surface area contributed by atoms with Crippen LogP contribution in [-0.2, 0) is 36.5 Å². The Morgan fingerprint density at radius 3 is 1.00 bits per heavy atom. The van der Waals surface area contributed by atoms with E-state index in [1.807, 2.05) is 0 Å².